The molecule has 0 saturated heterocycles. The van der Waals surface area contributed by atoms with E-state index in [0.717, 1.165) is 15.8 Å². The first-order valence-electron chi connectivity index (χ1n) is 5.21. The zero-order valence-corrected chi connectivity index (χ0v) is 11.2. The highest BCUT2D eigenvalue weighted by molar-refractivity contribution is 14.1. The smallest absolute Gasteiger partial charge is 0.129 e. The van der Waals surface area contributed by atoms with Crippen LogP contribution in [0.15, 0.2) is 35.2 Å². The minimum absolute atomic E-state index is 0.00171. The molecule has 0 spiro atoms. The third kappa shape index (κ3) is 2.30. The Bertz CT molecular complexity index is 438. The van der Waals surface area contributed by atoms with Gasteiger partial charge in [0.2, 0.25) is 0 Å². The molecule has 0 fully saturated rings. The summed E-state index contributed by atoms with van der Waals surface area (Å²) in [6.07, 6.45) is 6.34. The summed E-state index contributed by atoms with van der Waals surface area (Å²) in [5.41, 5.74) is 6.13. The molecule has 86 valence electrons. The number of furan rings is 1. The molecule has 0 aliphatic rings. The van der Waals surface area contributed by atoms with Gasteiger partial charge in [0.1, 0.15) is 11.8 Å². The second kappa shape index (κ2) is 5.01. The highest BCUT2D eigenvalue weighted by Gasteiger charge is 2.23. The van der Waals surface area contributed by atoms with Crippen molar-refractivity contribution in [3.05, 3.63) is 40.1 Å². The van der Waals surface area contributed by atoms with Gasteiger partial charge in [0, 0.05) is 12.2 Å². The highest BCUT2D eigenvalue weighted by Crippen LogP contribution is 2.23. The molecule has 0 bridgehead atoms. The van der Waals surface area contributed by atoms with Crippen LogP contribution in [0.5, 0.6) is 0 Å². The van der Waals surface area contributed by atoms with E-state index in [1.165, 1.54) is 0 Å². The largest absolute Gasteiger partial charge is 0.467 e. The molecule has 0 amide bonds. The zero-order valence-electron chi connectivity index (χ0n) is 9.01. The second-order valence-electron chi connectivity index (χ2n) is 3.67. The quantitative estimate of drug-likeness (QED) is 0.876. The van der Waals surface area contributed by atoms with Gasteiger partial charge in [-0.3, -0.25) is 4.68 Å². The molecule has 2 aromatic heterocycles. The van der Waals surface area contributed by atoms with Crippen molar-refractivity contribution < 1.29 is 4.42 Å². The number of aromatic nitrogens is 2. The molecule has 16 heavy (non-hydrogen) atoms. The molecule has 0 aliphatic carbocycles. The van der Waals surface area contributed by atoms with Gasteiger partial charge in [-0.25, -0.2) is 0 Å². The fourth-order valence-corrected chi connectivity index (χ4v) is 2.10. The molecule has 2 atom stereocenters. The number of hydrogen-bond donors (Lipinski definition) is 1. The lowest BCUT2D eigenvalue weighted by Gasteiger charge is -2.21. The maximum absolute atomic E-state index is 6.13. The minimum Gasteiger partial charge on any atom is -0.467 e. The van der Waals surface area contributed by atoms with Gasteiger partial charge < -0.3 is 10.2 Å². The molecule has 2 N–H and O–H groups in total. The number of nitrogens with zero attached hydrogens (tertiary/aromatic N) is 2. The number of nitrogens with two attached hydrogens (primary N) is 1. The first-order valence-corrected chi connectivity index (χ1v) is 6.29. The molecule has 0 aliphatic heterocycles. The lowest BCUT2D eigenvalue weighted by Crippen LogP contribution is -2.32. The van der Waals surface area contributed by atoms with Crippen molar-refractivity contribution in [3.63, 3.8) is 0 Å². The Balaban J connectivity index is 2.35. The standard InChI is InChI=1S/C11H14IN3O/c1-2-9(13)11(10-4-3-5-16-10)15-7-8(12)6-14-15/h3-7,9,11H,2,13H2,1H3. The first kappa shape index (κ1) is 11.7. The molecular formula is C11H14IN3O. The third-order valence-electron chi connectivity index (χ3n) is 2.57. The van der Waals surface area contributed by atoms with Gasteiger partial charge in [-0.15, -0.1) is 0 Å². The summed E-state index contributed by atoms with van der Waals surface area (Å²) in [6.45, 7) is 2.06. The summed E-state index contributed by atoms with van der Waals surface area (Å²) in [6, 6.07) is 3.79. The van der Waals surface area contributed by atoms with E-state index >= 15 is 0 Å². The van der Waals surface area contributed by atoms with Crippen molar-refractivity contribution in [3.8, 4) is 0 Å². The van der Waals surface area contributed by atoms with E-state index < -0.39 is 0 Å². The Morgan fingerprint density at radius 1 is 1.62 bits per heavy atom. The monoisotopic (exact) mass is 331 g/mol. The van der Waals surface area contributed by atoms with Crippen LogP contribution in [0.4, 0.5) is 0 Å². The number of halogens is 1. The predicted octanol–water partition coefficient (Wildman–Crippen LogP) is 2.41. The van der Waals surface area contributed by atoms with Gasteiger partial charge in [0.05, 0.1) is 16.0 Å². The molecule has 0 saturated carbocycles. The molecule has 2 heterocycles. The second-order valence-corrected chi connectivity index (χ2v) is 4.92. The summed E-state index contributed by atoms with van der Waals surface area (Å²) in [7, 11) is 0. The highest BCUT2D eigenvalue weighted by atomic mass is 127. The molecular weight excluding hydrogens is 317 g/mol. The predicted molar refractivity (Wildman–Crippen MR) is 70.1 cm³/mol. The Hall–Kier alpha value is -0.820. The van der Waals surface area contributed by atoms with Gasteiger partial charge in [0.15, 0.2) is 0 Å². The Kier molecular flexibility index (Phi) is 3.65. The van der Waals surface area contributed by atoms with Crippen molar-refractivity contribution in [2.75, 3.05) is 0 Å². The van der Waals surface area contributed by atoms with Crippen molar-refractivity contribution in [1.29, 1.82) is 0 Å². The van der Waals surface area contributed by atoms with Gasteiger partial charge in [-0.1, -0.05) is 6.92 Å². The average Bonchev–Trinajstić information content (AvgIpc) is 2.91. The van der Waals surface area contributed by atoms with Gasteiger partial charge in [-0.2, -0.15) is 5.10 Å². The maximum Gasteiger partial charge on any atom is 0.129 e. The molecule has 5 heteroatoms. The van der Waals surface area contributed by atoms with Crippen molar-refractivity contribution in [2.45, 2.75) is 25.4 Å². The number of hydrogen-bond acceptors (Lipinski definition) is 3. The average molecular weight is 331 g/mol. The third-order valence-corrected chi connectivity index (χ3v) is 3.12. The molecule has 4 nitrogen and oxygen atoms in total. The summed E-state index contributed by atoms with van der Waals surface area (Å²) in [4.78, 5) is 0. The van der Waals surface area contributed by atoms with Crippen LogP contribution in [-0.4, -0.2) is 15.8 Å². The molecule has 2 aromatic rings. The fraction of sp³-hybridized carbons (Fsp3) is 0.364. The molecule has 2 rings (SSSR count). The normalized spacial score (nSPS) is 14.9. The van der Waals surface area contributed by atoms with Crippen LogP contribution in [0.3, 0.4) is 0 Å². The van der Waals surface area contributed by atoms with Crippen LogP contribution < -0.4 is 5.73 Å². The Morgan fingerprint density at radius 3 is 2.94 bits per heavy atom. The van der Waals surface area contributed by atoms with E-state index in [1.54, 1.807) is 6.26 Å². The lowest BCUT2D eigenvalue weighted by atomic mass is 10.0. The first-order chi connectivity index (χ1) is 7.72. The number of rotatable bonds is 4. The van der Waals surface area contributed by atoms with E-state index in [9.17, 15) is 0 Å². The van der Waals surface area contributed by atoms with E-state index in [0.29, 0.717) is 0 Å². The van der Waals surface area contributed by atoms with Crippen LogP contribution >= 0.6 is 22.6 Å². The van der Waals surface area contributed by atoms with Crippen LogP contribution in [0.2, 0.25) is 0 Å². The molecule has 0 radical (unpaired) electrons. The van der Waals surface area contributed by atoms with E-state index in [1.807, 2.05) is 29.2 Å². The van der Waals surface area contributed by atoms with Gasteiger partial charge >= 0.3 is 0 Å². The van der Waals surface area contributed by atoms with E-state index in [4.69, 9.17) is 10.2 Å². The lowest BCUT2D eigenvalue weighted by molar-refractivity contribution is 0.351. The van der Waals surface area contributed by atoms with Crippen LogP contribution in [-0.2, 0) is 0 Å². The zero-order chi connectivity index (χ0) is 11.5. The topological polar surface area (TPSA) is 57.0 Å². The van der Waals surface area contributed by atoms with Crippen molar-refractivity contribution in [2.24, 2.45) is 5.73 Å². The van der Waals surface area contributed by atoms with Gasteiger partial charge in [0.25, 0.3) is 0 Å². The maximum atomic E-state index is 6.13. The van der Waals surface area contributed by atoms with Crippen LogP contribution in [0.1, 0.15) is 25.1 Å². The van der Waals surface area contributed by atoms with Crippen molar-refractivity contribution in [1.82, 2.24) is 9.78 Å². The Morgan fingerprint density at radius 2 is 2.44 bits per heavy atom. The van der Waals surface area contributed by atoms with Crippen LogP contribution in [0.25, 0.3) is 0 Å². The minimum atomic E-state index is -0.0245. The summed E-state index contributed by atoms with van der Waals surface area (Å²) in [5.74, 6) is 0.855. The Labute approximate surface area is 108 Å². The SMILES string of the molecule is CCC(N)C(c1ccco1)n1cc(I)cn1. The van der Waals surface area contributed by atoms with Crippen molar-refractivity contribution >= 4 is 22.6 Å². The van der Waals surface area contributed by atoms with Crippen LogP contribution in [0, 0.1) is 3.57 Å². The molecule has 2 unspecified atom stereocenters. The van der Waals surface area contributed by atoms with E-state index in [2.05, 4.69) is 34.6 Å². The summed E-state index contributed by atoms with van der Waals surface area (Å²) < 4.78 is 8.40. The van der Waals surface area contributed by atoms with E-state index in [-0.39, 0.29) is 12.1 Å². The summed E-state index contributed by atoms with van der Waals surface area (Å²) >= 11 is 2.23. The fourth-order valence-electron chi connectivity index (χ4n) is 1.69. The van der Waals surface area contributed by atoms with Gasteiger partial charge in [-0.05, 0) is 41.1 Å². The molecule has 0 aromatic carbocycles. The summed E-state index contributed by atoms with van der Waals surface area (Å²) in [5, 5.41) is 4.31.